The van der Waals surface area contributed by atoms with Gasteiger partial charge >= 0.3 is 11.7 Å². The van der Waals surface area contributed by atoms with Crippen LogP contribution in [0.4, 0.5) is 11.5 Å². The number of anilines is 1. The number of pyridine rings is 1. The van der Waals surface area contributed by atoms with Crippen molar-refractivity contribution in [3.8, 4) is 0 Å². The van der Waals surface area contributed by atoms with E-state index in [4.69, 9.17) is 16.7 Å². The maximum absolute atomic E-state index is 10.9. The number of halogens is 1. The maximum Gasteiger partial charge on any atom is 0.354 e. The summed E-state index contributed by atoms with van der Waals surface area (Å²) in [6.45, 7) is 0.234. The first-order valence-electron chi connectivity index (χ1n) is 5.84. The van der Waals surface area contributed by atoms with Crippen LogP contribution in [-0.2, 0) is 6.54 Å². The van der Waals surface area contributed by atoms with Crippen molar-refractivity contribution >= 4 is 29.1 Å². The van der Waals surface area contributed by atoms with Gasteiger partial charge in [0.25, 0.3) is 0 Å². The number of hydrogen-bond donors (Lipinski definition) is 2. The first kappa shape index (κ1) is 14.7. The summed E-state index contributed by atoms with van der Waals surface area (Å²) in [4.78, 5) is 24.9. The molecule has 108 valence electrons. The van der Waals surface area contributed by atoms with Crippen LogP contribution in [0.3, 0.4) is 0 Å². The second-order valence-corrected chi connectivity index (χ2v) is 4.55. The van der Waals surface area contributed by atoms with Crippen LogP contribution in [0.15, 0.2) is 36.4 Å². The van der Waals surface area contributed by atoms with Crippen LogP contribution in [-0.4, -0.2) is 21.0 Å². The number of carboxylic acid groups (broad SMARTS) is 1. The van der Waals surface area contributed by atoms with Gasteiger partial charge in [0.15, 0.2) is 5.69 Å². The van der Waals surface area contributed by atoms with Gasteiger partial charge in [-0.05, 0) is 23.8 Å². The average Bonchev–Trinajstić information content (AvgIpc) is 2.44. The second-order valence-electron chi connectivity index (χ2n) is 4.11. The van der Waals surface area contributed by atoms with Gasteiger partial charge in [-0.3, -0.25) is 10.1 Å². The highest BCUT2D eigenvalue weighted by Crippen LogP contribution is 2.23. The molecule has 1 aromatic carbocycles. The van der Waals surface area contributed by atoms with Crippen molar-refractivity contribution in [3.05, 3.63) is 62.8 Å². The van der Waals surface area contributed by atoms with Gasteiger partial charge in [0.05, 0.1) is 4.92 Å². The topological polar surface area (TPSA) is 105 Å². The van der Waals surface area contributed by atoms with E-state index in [9.17, 15) is 14.9 Å². The SMILES string of the molecule is O=C(O)c1ccc([N+](=O)[O-])c(NCc2cccc(Cl)c2)n1. The number of carboxylic acids is 1. The minimum atomic E-state index is -1.25. The van der Waals surface area contributed by atoms with Gasteiger partial charge in [-0.2, -0.15) is 0 Å². The van der Waals surface area contributed by atoms with E-state index in [1.807, 2.05) is 0 Å². The van der Waals surface area contributed by atoms with Crippen molar-refractivity contribution in [1.29, 1.82) is 0 Å². The normalized spacial score (nSPS) is 10.1. The summed E-state index contributed by atoms with van der Waals surface area (Å²) in [6.07, 6.45) is 0. The number of nitro groups is 1. The third-order valence-corrected chi connectivity index (χ3v) is 2.87. The number of aromatic carboxylic acids is 1. The quantitative estimate of drug-likeness (QED) is 0.650. The lowest BCUT2D eigenvalue weighted by molar-refractivity contribution is -0.384. The molecule has 0 radical (unpaired) electrons. The molecule has 0 atom stereocenters. The Morgan fingerprint density at radius 1 is 1.38 bits per heavy atom. The van der Waals surface area contributed by atoms with Crippen molar-refractivity contribution in [2.75, 3.05) is 5.32 Å². The minimum absolute atomic E-state index is 0.0973. The molecule has 0 aliphatic carbocycles. The van der Waals surface area contributed by atoms with Gasteiger partial charge < -0.3 is 10.4 Å². The number of aromatic nitrogens is 1. The molecule has 21 heavy (non-hydrogen) atoms. The van der Waals surface area contributed by atoms with E-state index < -0.39 is 10.9 Å². The molecule has 8 heteroatoms. The van der Waals surface area contributed by atoms with E-state index in [0.717, 1.165) is 17.7 Å². The highest BCUT2D eigenvalue weighted by Gasteiger charge is 2.18. The zero-order valence-electron chi connectivity index (χ0n) is 10.6. The molecule has 2 N–H and O–H groups in total. The lowest BCUT2D eigenvalue weighted by Gasteiger charge is -2.07. The van der Waals surface area contributed by atoms with Crippen LogP contribution >= 0.6 is 11.6 Å². The van der Waals surface area contributed by atoms with Crippen LogP contribution in [0.5, 0.6) is 0 Å². The van der Waals surface area contributed by atoms with Crippen LogP contribution in [0.1, 0.15) is 16.1 Å². The average molecular weight is 308 g/mol. The lowest BCUT2D eigenvalue weighted by Crippen LogP contribution is -2.08. The molecule has 1 aromatic heterocycles. The summed E-state index contributed by atoms with van der Waals surface area (Å²) in [5, 5.41) is 23.1. The summed E-state index contributed by atoms with van der Waals surface area (Å²) >= 11 is 5.85. The van der Waals surface area contributed by atoms with Gasteiger partial charge in [-0.25, -0.2) is 9.78 Å². The molecule has 0 spiro atoms. The highest BCUT2D eigenvalue weighted by molar-refractivity contribution is 6.30. The third kappa shape index (κ3) is 3.67. The van der Waals surface area contributed by atoms with Crippen molar-refractivity contribution in [1.82, 2.24) is 4.98 Å². The third-order valence-electron chi connectivity index (χ3n) is 2.64. The van der Waals surface area contributed by atoms with Crippen LogP contribution in [0, 0.1) is 10.1 Å². The second kappa shape index (κ2) is 6.19. The molecule has 1 heterocycles. The summed E-state index contributed by atoms with van der Waals surface area (Å²) in [6, 6.07) is 9.13. The predicted octanol–water partition coefficient (Wildman–Crippen LogP) is 2.95. The van der Waals surface area contributed by atoms with E-state index in [-0.39, 0.29) is 23.7 Å². The van der Waals surface area contributed by atoms with Gasteiger partial charge in [-0.1, -0.05) is 23.7 Å². The Balaban J connectivity index is 2.26. The van der Waals surface area contributed by atoms with Gasteiger partial charge in [0, 0.05) is 17.6 Å². The first-order valence-corrected chi connectivity index (χ1v) is 6.22. The monoisotopic (exact) mass is 307 g/mol. The van der Waals surface area contributed by atoms with E-state index in [2.05, 4.69) is 10.3 Å². The molecule has 0 aliphatic heterocycles. The van der Waals surface area contributed by atoms with Gasteiger partial charge in [0.1, 0.15) is 0 Å². The fraction of sp³-hybridized carbons (Fsp3) is 0.0769. The number of nitrogens with zero attached hydrogens (tertiary/aromatic N) is 2. The molecule has 0 saturated heterocycles. The Morgan fingerprint density at radius 3 is 2.76 bits per heavy atom. The number of hydrogen-bond acceptors (Lipinski definition) is 5. The molecule has 0 bridgehead atoms. The maximum atomic E-state index is 10.9. The minimum Gasteiger partial charge on any atom is -0.477 e. The highest BCUT2D eigenvalue weighted by atomic mass is 35.5. The molecular weight excluding hydrogens is 298 g/mol. The summed E-state index contributed by atoms with van der Waals surface area (Å²) < 4.78 is 0. The Hall–Kier alpha value is -2.67. The van der Waals surface area contributed by atoms with E-state index in [1.165, 1.54) is 0 Å². The molecule has 0 unspecified atom stereocenters. The van der Waals surface area contributed by atoms with Crippen molar-refractivity contribution in [3.63, 3.8) is 0 Å². The largest absolute Gasteiger partial charge is 0.477 e. The van der Waals surface area contributed by atoms with Crippen LogP contribution in [0.2, 0.25) is 5.02 Å². The number of nitrogens with one attached hydrogen (secondary N) is 1. The van der Waals surface area contributed by atoms with E-state index in [0.29, 0.717) is 5.02 Å². The fourth-order valence-electron chi connectivity index (χ4n) is 1.68. The van der Waals surface area contributed by atoms with Crippen molar-refractivity contribution < 1.29 is 14.8 Å². The number of rotatable bonds is 5. The Morgan fingerprint density at radius 2 is 2.14 bits per heavy atom. The standard InChI is InChI=1S/C13H10ClN3O4/c14-9-3-1-2-8(6-9)7-15-12-11(17(20)21)5-4-10(16-12)13(18)19/h1-6H,7H2,(H,15,16)(H,18,19). The van der Waals surface area contributed by atoms with Crippen molar-refractivity contribution in [2.24, 2.45) is 0 Å². The molecule has 0 fully saturated rings. The predicted molar refractivity (Wildman–Crippen MR) is 76.6 cm³/mol. The number of benzene rings is 1. The van der Waals surface area contributed by atoms with Crippen LogP contribution < -0.4 is 5.32 Å². The molecule has 0 aliphatic rings. The van der Waals surface area contributed by atoms with E-state index >= 15 is 0 Å². The van der Waals surface area contributed by atoms with Gasteiger partial charge in [0.2, 0.25) is 5.82 Å². The Kier molecular flexibility index (Phi) is 4.34. The molecule has 2 aromatic rings. The summed E-state index contributed by atoms with van der Waals surface area (Å²) in [7, 11) is 0. The molecule has 7 nitrogen and oxygen atoms in total. The molecular formula is C13H10ClN3O4. The summed E-state index contributed by atoms with van der Waals surface area (Å²) in [5.74, 6) is -1.35. The van der Waals surface area contributed by atoms with Crippen LogP contribution in [0.25, 0.3) is 0 Å². The molecule has 2 rings (SSSR count). The van der Waals surface area contributed by atoms with Crippen molar-refractivity contribution in [2.45, 2.75) is 6.54 Å². The fourth-order valence-corrected chi connectivity index (χ4v) is 1.89. The van der Waals surface area contributed by atoms with E-state index in [1.54, 1.807) is 24.3 Å². The lowest BCUT2D eigenvalue weighted by atomic mass is 10.2. The zero-order valence-corrected chi connectivity index (χ0v) is 11.4. The zero-order chi connectivity index (χ0) is 15.4. The summed E-state index contributed by atoms with van der Waals surface area (Å²) in [5.41, 5.74) is 0.232. The Bertz CT molecular complexity index is 706. The number of carbonyl (C=O) groups is 1. The Labute approximate surface area is 124 Å². The molecule has 0 amide bonds. The smallest absolute Gasteiger partial charge is 0.354 e. The van der Waals surface area contributed by atoms with Gasteiger partial charge in [-0.15, -0.1) is 0 Å². The molecule has 0 saturated carbocycles. The first-order chi connectivity index (χ1) is 9.97.